The maximum absolute atomic E-state index is 13.2. The van der Waals surface area contributed by atoms with E-state index in [0.29, 0.717) is 22.1 Å². The van der Waals surface area contributed by atoms with Crippen LogP contribution in [0.15, 0.2) is 42.5 Å². The van der Waals surface area contributed by atoms with Crippen LogP contribution in [0.25, 0.3) is 0 Å². The molecule has 0 heterocycles. The maximum Gasteiger partial charge on any atom is 0.254 e. The Morgan fingerprint density at radius 2 is 1.72 bits per heavy atom. The first kappa shape index (κ1) is 17.6. The van der Waals surface area contributed by atoms with Gasteiger partial charge in [0.05, 0.1) is 20.3 Å². The Morgan fingerprint density at radius 1 is 1.08 bits per heavy atom. The van der Waals surface area contributed by atoms with E-state index in [1.165, 1.54) is 0 Å². The summed E-state index contributed by atoms with van der Waals surface area (Å²) in [5.41, 5.74) is 1.68. The van der Waals surface area contributed by atoms with E-state index in [-0.39, 0.29) is 18.0 Å². The van der Waals surface area contributed by atoms with E-state index in [0.717, 1.165) is 18.4 Å². The Hall–Kier alpha value is -2.20. The molecule has 1 atom stereocenters. The Bertz CT molecular complexity index is 756. The van der Waals surface area contributed by atoms with Crippen molar-refractivity contribution in [2.75, 3.05) is 14.2 Å². The second kappa shape index (κ2) is 7.36. The fraction of sp³-hybridized carbons (Fsp3) is 0.350. The lowest BCUT2D eigenvalue weighted by atomic mass is 10.0. The van der Waals surface area contributed by atoms with Crippen molar-refractivity contribution in [2.24, 2.45) is 0 Å². The molecule has 0 radical (unpaired) electrons. The summed E-state index contributed by atoms with van der Waals surface area (Å²) >= 11 is 5.98. The second-order valence-electron chi connectivity index (χ2n) is 6.24. The molecule has 1 aliphatic rings. The molecule has 4 nitrogen and oxygen atoms in total. The van der Waals surface area contributed by atoms with E-state index in [2.05, 4.69) is 6.92 Å². The van der Waals surface area contributed by atoms with Crippen molar-refractivity contribution in [1.82, 2.24) is 4.90 Å². The van der Waals surface area contributed by atoms with Crippen LogP contribution in [0.2, 0.25) is 5.02 Å². The molecule has 25 heavy (non-hydrogen) atoms. The highest BCUT2D eigenvalue weighted by atomic mass is 35.5. The minimum absolute atomic E-state index is 0.00547. The number of rotatable bonds is 6. The molecule has 1 fully saturated rings. The van der Waals surface area contributed by atoms with Gasteiger partial charge in [-0.1, -0.05) is 23.7 Å². The molecule has 0 bridgehead atoms. The van der Waals surface area contributed by atoms with Crippen molar-refractivity contribution >= 4 is 17.5 Å². The Kier molecular flexibility index (Phi) is 5.19. The standard InChI is InChI=1S/C20H22ClNO3/c1-13(14-4-7-16(21)8-5-14)22(17-9-10-17)20(23)15-6-11-18(24-2)19(12-15)25-3/h4-8,11-13,17H,9-10H2,1-3H3. The fourth-order valence-electron chi connectivity index (χ4n) is 3.03. The average molecular weight is 360 g/mol. The average Bonchev–Trinajstić information content (AvgIpc) is 3.46. The normalized spacial score (nSPS) is 14.7. The minimum Gasteiger partial charge on any atom is -0.493 e. The van der Waals surface area contributed by atoms with Crippen LogP contribution in [0.3, 0.4) is 0 Å². The summed E-state index contributed by atoms with van der Waals surface area (Å²) in [5.74, 6) is 1.18. The lowest BCUT2D eigenvalue weighted by molar-refractivity contribution is 0.0673. The molecule has 1 unspecified atom stereocenters. The van der Waals surface area contributed by atoms with Gasteiger partial charge in [0.15, 0.2) is 11.5 Å². The molecule has 0 saturated heterocycles. The van der Waals surface area contributed by atoms with Crippen LogP contribution >= 0.6 is 11.6 Å². The van der Waals surface area contributed by atoms with Crippen molar-refractivity contribution in [3.8, 4) is 11.5 Å². The zero-order chi connectivity index (χ0) is 18.0. The van der Waals surface area contributed by atoms with E-state index < -0.39 is 0 Å². The van der Waals surface area contributed by atoms with Crippen LogP contribution < -0.4 is 9.47 Å². The zero-order valence-electron chi connectivity index (χ0n) is 14.7. The molecule has 0 spiro atoms. The van der Waals surface area contributed by atoms with Crippen molar-refractivity contribution in [2.45, 2.75) is 31.8 Å². The number of benzene rings is 2. The molecule has 3 rings (SSSR count). The Labute approximate surface area is 153 Å². The molecular formula is C20H22ClNO3. The summed E-state index contributed by atoms with van der Waals surface area (Å²) in [5, 5.41) is 0.695. The van der Waals surface area contributed by atoms with Crippen molar-refractivity contribution < 1.29 is 14.3 Å². The predicted molar refractivity (Wildman–Crippen MR) is 98.6 cm³/mol. The molecular weight excluding hydrogens is 338 g/mol. The quantitative estimate of drug-likeness (QED) is 0.748. The smallest absolute Gasteiger partial charge is 0.254 e. The molecule has 1 aliphatic carbocycles. The van der Waals surface area contributed by atoms with E-state index in [1.807, 2.05) is 29.2 Å². The number of hydrogen-bond donors (Lipinski definition) is 0. The van der Waals surface area contributed by atoms with Crippen molar-refractivity contribution in [3.63, 3.8) is 0 Å². The van der Waals surface area contributed by atoms with Gasteiger partial charge < -0.3 is 14.4 Å². The molecule has 1 amide bonds. The van der Waals surface area contributed by atoms with Gasteiger partial charge in [0.25, 0.3) is 5.91 Å². The first-order chi connectivity index (χ1) is 12.0. The summed E-state index contributed by atoms with van der Waals surface area (Å²) < 4.78 is 10.6. The van der Waals surface area contributed by atoms with Gasteiger partial charge in [-0.15, -0.1) is 0 Å². The SMILES string of the molecule is COc1ccc(C(=O)N(C2CC2)C(C)c2ccc(Cl)cc2)cc1OC. The van der Waals surface area contributed by atoms with Gasteiger partial charge in [-0.2, -0.15) is 0 Å². The fourth-order valence-corrected chi connectivity index (χ4v) is 3.16. The number of carbonyl (C=O) groups is 1. The molecule has 0 N–H and O–H groups in total. The highest BCUT2D eigenvalue weighted by Crippen LogP contribution is 2.37. The number of halogens is 1. The number of hydrogen-bond acceptors (Lipinski definition) is 3. The van der Waals surface area contributed by atoms with Crippen LogP contribution in [0.4, 0.5) is 0 Å². The summed E-state index contributed by atoms with van der Waals surface area (Å²) in [6.07, 6.45) is 2.08. The summed E-state index contributed by atoms with van der Waals surface area (Å²) in [4.78, 5) is 15.1. The summed E-state index contributed by atoms with van der Waals surface area (Å²) in [6.45, 7) is 2.06. The second-order valence-corrected chi connectivity index (χ2v) is 6.68. The van der Waals surface area contributed by atoms with E-state index in [4.69, 9.17) is 21.1 Å². The first-order valence-electron chi connectivity index (χ1n) is 8.35. The van der Waals surface area contributed by atoms with Gasteiger partial charge in [-0.25, -0.2) is 0 Å². The predicted octanol–water partition coefficient (Wildman–Crippen LogP) is 4.72. The van der Waals surface area contributed by atoms with Crippen LogP contribution in [-0.4, -0.2) is 31.1 Å². The minimum atomic E-state index is -0.0228. The van der Waals surface area contributed by atoms with Gasteiger partial charge in [0.2, 0.25) is 0 Å². The van der Waals surface area contributed by atoms with Gasteiger partial charge in [-0.05, 0) is 55.7 Å². The van der Waals surface area contributed by atoms with Gasteiger partial charge in [0, 0.05) is 16.6 Å². The Morgan fingerprint density at radius 3 is 2.28 bits per heavy atom. The molecule has 132 valence electrons. The monoisotopic (exact) mass is 359 g/mol. The molecule has 2 aromatic carbocycles. The molecule has 0 aliphatic heterocycles. The van der Waals surface area contributed by atoms with E-state index >= 15 is 0 Å². The summed E-state index contributed by atoms with van der Waals surface area (Å²) in [6, 6.07) is 13.2. The Balaban J connectivity index is 1.90. The molecule has 0 aromatic heterocycles. The lowest BCUT2D eigenvalue weighted by Gasteiger charge is -2.30. The third-order valence-electron chi connectivity index (χ3n) is 4.57. The number of carbonyl (C=O) groups excluding carboxylic acids is 1. The first-order valence-corrected chi connectivity index (χ1v) is 8.73. The van der Waals surface area contributed by atoms with Crippen LogP contribution in [0, 0.1) is 0 Å². The van der Waals surface area contributed by atoms with E-state index in [1.54, 1.807) is 32.4 Å². The van der Waals surface area contributed by atoms with Crippen molar-refractivity contribution in [3.05, 3.63) is 58.6 Å². The van der Waals surface area contributed by atoms with Crippen LogP contribution in [0.5, 0.6) is 11.5 Å². The molecule has 2 aromatic rings. The maximum atomic E-state index is 13.2. The van der Waals surface area contributed by atoms with Gasteiger partial charge >= 0.3 is 0 Å². The zero-order valence-corrected chi connectivity index (χ0v) is 15.4. The number of methoxy groups -OCH3 is 2. The highest BCUT2D eigenvalue weighted by molar-refractivity contribution is 6.30. The largest absolute Gasteiger partial charge is 0.493 e. The summed E-state index contributed by atoms with van der Waals surface area (Å²) in [7, 11) is 3.15. The van der Waals surface area contributed by atoms with Crippen molar-refractivity contribution in [1.29, 1.82) is 0 Å². The van der Waals surface area contributed by atoms with E-state index in [9.17, 15) is 4.79 Å². The highest BCUT2D eigenvalue weighted by Gasteiger charge is 2.36. The number of amides is 1. The molecule has 1 saturated carbocycles. The number of nitrogens with zero attached hydrogens (tertiary/aromatic N) is 1. The van der Waals surface area contributed by atoms with Crippen LogP contribution in [-0.2, 0) is 0 Å². The van der Waals surface area contributed by atoms with Crippen LogP contribution in [0.1, 0.15) is 41.7 Å². The lowest BCUT2D eigenvalue weighted by Crippen LogP contribution is -2.35. The number of ether oxygens (including phenoxy) is 2. The van der Waals surface area contributed by atoms with Gasteiger partial charge in [-0.3, -0.25) is 4.79 Å². The topological polar surface area (TPSA) is 38.8 Å². The third-order valence-corrected chi connectivity index (χ3v) is 4.83. The molecule has 5 heteroatoms. The van der Waals surface area contributed by atoms with Gasteiger partial charge in [0.1, 0.15) is 0 Å². The third kappa shape index (κ3) is 3.74.